The summed E-state index contributed by atoms with van der Waals surface area (Å²) < 4.78 is 0. The van der Waals surface area contributed by atoms with Crippen molar-refractivity contribution < 1.29 is 14.7 Å². The fourth-order valence-electron chi connectivity index (χ4n) is 2.72. The third kappa shape index (κ3) is 3.53. The van der Waals surface area contributed by atoms with Crippen molar-refractivity contribution in [1.29, 1.82) is 0 Å². The average molecular weight is 362 g/mol. The van der Waals surface area contributed by atoms with Gasteiger partial charge >= 0.3 is 5.97 Å². The molecule has 1 aliphatic heterocycles. The Labute approximate surface area is 143 Å². The van der Waals surface area contributed by atoms with Gasteiger partial charge in [-0.25, -0.2) is 0 Å². The molecule has 2 atom stereocenters. The minimum Gasteiger partial charge on any atom is -0.481 e. The first-order valence-corrected chi connectivity index (χ1v) is 8.88. The number of carbonyl (C=O) groups excluding carboxylic acids is 1. The molecule has 0 aromatic heterocycles. The van der Waals surface area contributed by atoms with E-state index in [1.165, 1.54) is 11.8 Å². The first-order chi connectivity index (χ1) is 10.3. The third-order valence-corrected chi connectivity index (χ3v) is 5.50. The number of rotatable bonds is 3. The first-order valence-electron chi connectivity index (χ1n) is 6.90. The zero-order chi connectivity index (χ0) is 16.4. The van der Waals surface area contributed by atoms with E-state index >= 15 is 0 Å². The summed E-state index contributed by atoms with van der Waals surface area (Å²) in [6.07, 6.45) is 2.34. The summed E-state index contributed by atoms with van der Waals surface area (Å²) >= 11 is 13.7. The van der Waals surface area contributed by atoms with E-state index in [9.17, 15) is 9.59 Å². The second-order valence-corrected chi connectivity index (χ2v) is 7.09. The third-order valence-electron chi connectivity index (χ3n) is 3.98. The molecule has 1 aliphatic rings. The molecule has 22 heavy (non-hydrogen) atoms. The summed E-state index contributed by atoms with van der Waals surface area (Å²) in [6.45, 7) is 2.70. The number of hydrogen-bond donors (Lipinski definition) is 1. The highest BCUT2D eigenvalue weighted by atomic mass is 35.5. The zero-order valence-corrected chi connectivity index (χ0v) is 14.6. The summed E-state index contributed by atoms with van der Waals surface area (Å²) in [5, 5.41) is 9.99. The van der Waals surface area contributed by atoms with Crippen LogP contribution in [0.2, 0.25) is 10.0 Å². The lowest BCUT2D eigenvalue weighted by Gasteiger charge is -2.35. The quantitative estimate of drug-likeness (QED) is 0.829. The van der Waals surface area contributed by atoms with Crippen LogP contribution in [-0.2, 0) is 4.79 Å². The Morgan fingerprint density at radius 2 is 2.00 bits per heavy atom. The Bertz CT molecular complexity index is 609. The minimum absolute atomic E-state index is 0.0821. The fraction of sp³-hybridized carbons (Fsp3) is 0.467. The van der Waals surface area contributed by atoms with Crippen molar-refractivity contribution >= 4 is 46.8 Å². The van der Waals surface area contributed by atoms with E-state index in [0.29, 0.717) is 35.1 Å². The molecule has 0 aliphatic carbocycles. The molecule has 0 saturated carbocycles. The molecule has 1 fully saturated rings. The monoisotopic (exact) mass is 361 g/mol. The number of piperidine rings is 1. The molecule has 1 aromatic carbocycles. The molecule has 0 bridgehead atoms. The van der Waals surface area contributed by atoms with Crippen molar-refractivity contribution in [2.24, 2.45) is 11.8 Å². The van der Waals surface area contributed by atoms with Crippen LogP contribution in [0.25, 0.3) is 0 Å². The van der Waals surface area contributed by atoms with Crippen molar-refractivity contribution in [2.45, 2.75) is 18.2 Å². The Morgan fingerprint density at radius 3 is 2.55 bits per heavy atom. The van der Waals surface area contributed by atoms with Gasteiger partial charge in [-0.1, -0.05) is 30.1 Å². The van der Waals surface area contributed by atoms with Gasteiger partial charge < -0.3 is 10.0 Å². The van der Waals surface area contributed by atoms with E-state index < -0.39 is 11.9 Å². The van der Waals surface area contributed by atoms with Crippen LogP contribution in [0.5, 0.6) is 0 Å². The number of hydrogen-bond acceptors (Lipinski definition) is 3. The van der Waals surface area contributed by atoms with Crippen LogP contribution in [0.4, 0.5) is 0 Å². The molecule has 0 radical (unpaired) electrons. The molecule has 4 nitrogen and oxygen atoms in total. The van der Waals surface area contributed by atoms with Gasteiger partial charge in [0.2, 0.25) is 0 Å². The van der Waals surface area contributed by atoms with Crippen molar-refractivity contribution in [3.63, 3.8) is 0 Å². The number of amides is 1. The lowest BCUT2D eigenvalue weighted by Crippen LogP contribution is -2.45. The molecule has 1 amide bonds. The van der Waals surface area contributed by atoms with Crippen molar-refractivity contribution in [2.75, 3.05) is 19.3 Å². The normalized spacial score (nSPS) is 21.7. The first kappa shape index (κ1) is 17.4. The predicted molar refractivity (Wildman–Crippen MR) is 89.1 cm³/mol. The van der Waals surface area contributed by atoms with Gasteiger partial charge in [0.05, 0.1) is 21.5 Å². The number of carbonyl (C=O) groups is 2. The number of aliphatic carboxylic acids is 1. The van der Waals surface area contributed by atoms with E-state index in [0.717, 1.165) is 4.90 Å². The Kier molecular flexibility index (Phi) is 5.64. The molecule has 2 rings (SSSR count). The van der Waals surface area contributed by atoms with Gasteiger partial charge in [0, 0.05) is 18.0 Å². The van der Waals surface area contributed by atoms with Crippen LogP contribution < -0.4 is 0 Å². The molecule has 120 valence electrons. The van der Waals surface area contributed by atoms with Crippen molar-refractivity contribution in [3.8, 4) is 0 Å². The molecular formula is C15H17Cl2NO3S. The lowest BCUT2D eigenvalue weighted by molar-refractivity contribution is -0.145. The second-order valence-electron chi connectivity index (χ2n) is 5.43. The van der Waals surface area contributed by atoms with E-state index in [1.807, 2.05) is 13.2 Å². The van der Waals surface area contributed by atoms with Gasteiger partial charge in [-0.15, -0.1) is 11.8 Å². The average Bonchev–Trinajstić information content (AvgIpc) is 2.46. The smallest absolute Gasteiger partial charge is 0.306 e. The number of nitrogens with zero attached hydrogens (tertiary/aromatic N) is 1. The molecule has 0 spiro atoms. The van der Waals surface area contributed by atoms with Crippen LogP contribution in [-0.4, -0.2) is 41.2 Å². The van der Waals surface area contributed by atoms with Crippen LogP contribution in [0, 0.1) is 11.8 Å². The SMILES string of the molecule is CSc1cc(C(=O)N2CCC(C(=O)O)C(C)C2)c(Cl)cc1Cl. The summed E-state index contributed by atoms with van der Waals surface area (Å²) in [5.74, 6) is -1.45. The number of halogens is 2. The molecule has 1 heterocycles. The fourth-order valence-corrected chi connectivity index (χ4v) is 3.90. The van der Waals surface area contributed by atoms with Gasteiger partial charge in [-0.05, 0) is 30.7 Å². The predicted octanol–water partition coefficient (Wildman–Crippen LogP) is 3.90. The Balaban J connectivity index is 2.21. The van der Waals surface area contributed by atoms with Crippen LogP contribution in [0.1, 0.15) is 23.7 Å². The number of carboxylic acids is 1. The topological polar surface area (TPSA) is 57.6 Å². The highest BCUT2D eigenvalue weighted by Crippen LogP contribution is 2.33. The van der Waals surface area contributed by atoms with Crippen molar-refractivity contribution in [1.82, 2.24) is 4.90 Å². The largest absolute Gasteiger partial charge is 0.481 e. The van der Waals surface area contributed by atoms with Crippen LogP contribution in [0.15, 0.2) is 17.0 Å². The highest BCUT2D eigenvalue weighted by Gasteiger charge is 2.33. The van der Waals surface area contributed by atoms with Crippen LogP contribution in [0.3, 0.4) is 0 Å². The van der Waals surface area contributed by atoms with Gasteiger partial charge in [-0.2, -0.15) is 0 Å². The maximum atomic E-state index is 12.7. The second kappa shape index (κ2) is 7.11. The van der Waals surface area contributed by atoms with E-state index in [4.69, 9.17) is 28.3 Å². The molecule has 7 heteroatoms. The molecule has 1 saturated heterocycles. The Morgan fingerprint density at radius 1 is 1.32 bits per heavy atom. The Hall–Kier alpha value is -0.910. The van der Waals surface area contributed by atoms with E-state index in [2.05, 4.69) is 0 Å². The summed E-state index contributed by atoms with van der Waals surface area (Å²) in [4.78, 5) is 26.3. The number of carboxylic acid groups (broad SMARTS) is 1. The number of thioether (sulfide) groups is 1. The molecule has 2 unspecified atom stereocenters. The van der Waals surface area contributed by atoms with Gasteiger partial charge in [0.15, 0.2) is 0 Å². The maximum absolute atomic E-state index is 12.7. The van der Waals surface area contributed by atoms with Gasteiger partial charge in [0.25, 0.3) is 5.91 Å². The van der Waals surface area contributed by atoms with Gasteiger partial charge in [-0.3, -0.25) is 9.59 Å². The van der Waals surface area contributed by atoms with E-state index in [1.54, 1.807) is 17.0 Å². The lowest BCUT2D eigenvalue weighted by atomic mass is 9.87. The molecule has 1 aromatic rings. The van der Waals surface area contributed by atoms with Crippen molar-refractivity contribution in [3.05, 3.63) is 27.7 Å². The highest BCUT2D eigenvalue weighted by molar-refractivity contribution is 7.98. The molecule has 1 N–H and O–H groups in total. The number of likely N-dealkylation sites (tertiary alicyclic amines) is 1. The standard InChI is InChI=1S/C15H17Cl2NO3S/c1-8-7-18(4-3-9(8)15(20)21)14(19)10-5-13(22-2)12(17)6-11(10)16/h5-6,8-9H,3-4,7H2,1-2H3,(H,20,21). The van der Waals surface area contributed by atoms with Gasteiger partial charge in [0.1, 0.15) is 0 Å². The summed E-state index contributed by atoms with van der Waals surface area (Å²) in [6, 6.07) is 3.28. The van der Waals surface area contributed by atoms with Crippen LogP contribution >= 0.6 is 35.0 Å². The summed E-state index contributed by atoms with van der Waals surface area (Å²) in [7, 11) is 0. The van der Waals surface area contributed by atoms with E-state index in [-0.39, 0.29) is 11.8 Å². The number of benzene rings is 1. The summed E-state index contributed by atoms with van der Waals surface area (Å²) in [5.41, 5.74) is 0.413. The maximum Gasteiger partial charge on any atom is 0.306 e. The minimum atomic E-state index is -0.797. The molecular weight excluding hydrogens is 345 g/mol. The zero-order valence-electron chi connectivity index (χ0n) is 12.3.